The van der Waals surface area contributed by atoms with Gasteiger partial charge in [0.2, 0.25) is 0 Å². The molecular weight excluding hydrogens is 264 g/mol. The molecule has 5 nitrogen and oxygen atoms in total. The second kappa shape index (κ2) is 8.66. The summed E-state index contributed by atoms with van der Waals surface area (Å²) in [7, 11) is 0. The second-order valence-electron chi connectivity index (χ2n) is 3.59. The topological polar surface area (TPSA) is 77.1 Å². The van der Waals surface area contributed by atoms with Gasteiger partial charge >= 0.3 is 0 Å². The van der Waals surface area contributed by atoms with Crippen molar-refractivity contribution < 1.29 is 14.7 Å². The van der Waals surface area contributed by atoms with Gasteiger partial charge in [-0.25, -0.2) is 0 Å². The molecule has 0 radical (unpaired) electrons. The van der Waals surface area contributed by atoms with Crippen molar-refractivity contribution in [3.8, 4) is 5.75 Å². The smallest absolute Gasteiger partial charge is 0.174 e. The van der Waals surface area contributed by atoms with Gasteiger partial charge in [-0.2, -0.15) is 0 Å². The number of nitrogens with two attached hydrogens (primary N) is 1. The zero-order chi connectivity index (χ0) is 14.1. The lowest BCUT2D eigenvalue weighted by molar-refractivity contribution is 0.110. The number of hydrogen-bond donors (Lipinski definition) is 2. The van der Waals surface area contributed by atoms with E-state index >= 15 is 0 Å². The van der Waals surface area contributed by atoms with Gasteiger partial charge in [-0.1, -0.05) is 18.1 Å². The van der Waals surface area contributed by atoms with E-state index in [9.17, 15) is 0 Å². The van der Waals surface area contributed by atoms with E-state index in [1.54, 1.807) is 17.8 Å². The van der Waals surface area contributed by atoms with Crippen LogP contribution in [0.2, 0.25) is 0 Å². The molecule has 106 valence electrons. The Morgan fingerprint density at radius 3 is 2.79 bits per heavy atom. The minimum Gasteiger partial charge on any atom is -0.490 e. The van der Waals surface area contributed by atoms with Gasteiger partial charge in [-0.3, -0.25) is 0 Å². The van der Waals surface area contributed by atoms with E-state index in [-0.39, 0.29) is 5.84 Å². The first-order chi connectivity index (χ1) is 9.24. The molecule has 0 bridgehead atoms. The van der Waals surface area contributed by atoms with Gasteiger partial charge in [0.1, 0.15) is 12.4 Å². The Kier molecular flexibility index (Phi) is 7.14. The lowest BCUT2D eigenvalue weighted by atomic mass is 10.2. The molecule has 0 aliphatic rings. The van der Waals surface area contributed by atoms with Crippen LogP contribution in [-0.4, -0.2) is 36.6 Å². The molecule has 1 aromatic carbocycles. The van der Waals surface area contributed by atoms with Gasteiger partial charge in [0.25, 0.3) is 0 Å². The van der Waals surface area contributed by atoms with Crippen LogP contribution in [0.4, 0.5) is 0 Å². The van der Waals surface area contributed by atoms with Crippen molar-refractivity contribution in [2.75, 3.05) is 25.6 Å². The van der Waals surface area contributed by atoms with Gasteiger partial charge in [-0.15, -0.1) is 11.8 Å². The summed E-state index contributed by atoms with van der Waals surface area (Å²) in [5.41, 5.74) is 6.36. The van der Waals surface area contributed by atoms with E-state index in [2.05, 4.69) is 5.16 Å². The van der Waals surface area contributed by atoms with Crippen molar-refractivity contribution in [1.29, 1.82) is 0 Å². The van der Waals surface area contributed by atoms with Crippen molar-refractivity contribution in [2.45, 2.75) is 18.7 Å². The first-order valence-electron chi connectivity index (χ1n) is 6.18. The average molecular weight is 284 g/mol. The SMILES string of the molecule is CCOCCOc1cccc(SCC)c1/C(N)=N/O. The number of thioether (sulfide) groups is 1. The fourth-order valence-electron chi connectivity index (χ4n) is 1.56. The number of rotatable bonds is 8. The van der Waals surface area contributed by atoms with E-state index < -0.39 is 0 Å². The molecular formula is C13H20N2O3S. The third kappa shape index (κ3) is 4.65. The Hall–Kier alpha value is -1.40. The van der Waals surface area contributed by atoms with Crippen LogP contribution in [0.15, 0.2) is 28.3 Å². The maximum atomic E-state index is 8.89. The highest BCUT2D eigenvalue weighted by Crippen LogP contribution is 2.30. The molecule has 0 heterocycles. The fourth-order valence-corrected chi connectivity index (χ4v) is 2.40. The highest BCUT2D eigenvalue weighted by molar-refractivity contribution is 7.99. The predicted molar refractivity (Wildman–Crippen MR) is 77.3 cm³/mol. The molecule has 6 heteroatoms. The lowest BCUT2D eigenvalue weighted by Crippen LogP contribution is -2.17. The summed E-state index contributed by atoms with van der Waals surface area (Å²) >= 11 is 1.62. The minimum absolute atomic E-state index is 0.0583. The van der Waals surface area contributed by atoms with Crippen LogP contribution in [0.5, 0.6) is 5.75 Å². The molecule has 1 aromatic rings. The molecule has 0 fully saturated rings. The van der Waals surface area contributed by atoms with Gasteiger partial charge < -0.3 is 20.4 Å². The Morgan fingerprint density at radius 1 is 1.37 bits per heavy atom. The van der Waals surface area contributed by atoms with E-state index in [1.165, 1.54) is 0 Å². The van der Waals surface area contributed by atoms with Crippen LogP contribution in [0.25, 0.3) is 0 Å². The summed E-state index contributed by atoms with van der Waals surface area (Å²) in [4.78, 5) is 0.937. The van der Waals surface area contributed by atoms with Gasteiger partial charge in [-0.05, 0) is 24.8 Å². The molecule has 0 saturated heterocycles. The first-order valence-corrected chi connectivity index (χ1v) is 7.17. The molecule has 0 amide bonds. The van der Waals surface area contributed by atoms with Crippen LogP contribution >= 0.6 is 11.8 Å². The fraction of sp³-hybridized carbons (Fsp3) is 0.462. The van der Waals surface area contributed by atoms with E-state index in [4.69, 9.17) is 20.4 Å². The maximum absolute atomic E-state index is 8.89. The number of benzene rings is 1. The third-order valence-corrected chi connectivity index (χ3v) is 3.28. The summed E-state index contributed by atoms with van der Waals surface area (Å²) in [6.45, 7) is 5.57. The molecule has 0 aliphatic carbocycles. The van der Waals surface area contributed by atoms with Crippen molar-refractivity contribution in [3.63, 3.8) is 0 Å². The molecule has 19 heavy (non-hydrogen) atoms. The van der Waals surface area contributed by atoms with Gasteiger partial charge in [0.05, 0.1) is 12.2 Å². The van der Waals surface area contributed by atoms with Crippen molar-refractivity contribution in [3.05, 3.63) is 23.8 Å². The average Bonchev–Trinajstić information content (AvgIpc) is 2.43. The van der Waals surface area contributed by atoms with Gasteiger partial charge in [0, 0.05) is 11.5 Å². The number of amidine groups is 1. The number of hydrogen-bond acceptors (Lipinski definition) is 5. The maximum Gasteiger partial charge on any atom is 0.174 e. The van der Waals surface area contributed by atoms with Crippen LogP contribution in [0, 0.1) is 0 Å². The summed E-state index contributed by atoms with van der Waals surface area (Å²) < 4.78 is 10.9. The predicted octanol–water partition coefficient (Wildman–Crippen LogP) is 2.31. The Balaban J connectivity index is 2.92. The highest BCUT2D eigenvalue weighted by atomic mass is 32.2. The third-order valence-electron chi connectivity index (χ3n) is 2.34. The molecule has 1 rings (SSSR count). The van der Waals surface area contributed by atoms with E-state index in [0.29, 0.717) is 31.1 Å². The summed E-state index contributed by atoms with van der Waals surface area (Å²) in [6, 6.07) is 5.62. The van der Waals surface area contributed by atoms with Crippen molar-refractivity contribution in [2.24, 2.45) is 10.9 Å². The largest absolute Gasteiger partial charge is 0.490 e. The lowest BCUT2D eigenvalue weighted by Gasteiger charge is -2.14. The number of oxime groups is 1. The van der Waals surface area contributed by atoms with Crippen LogP contribution in [0.1, 0.15) is 19.4 Å². The monoisotopic (exact) mass is 284 g/mol. The van der Waals surface area contributed by atoms with Gasteiger partial charge in [0.15, 0.2) is 5.84 Å². The number of nitrogens with zero attached hydrogens (tertiary/aromatic N) is 1. The quantitative estimate of drug-likeness (QED) is 0.191. The van der Waals surface area contributed by atoms with Crippen LogP contribution in [-0.2, 0) is 4.74 Å². The second-order valence-corrected chi connectivity index (χ2v) is 4.90. The highest BCUT2D eigenvalue weighted by Gasteiger charge is 2.14. The Morgan fingerprint density at radius 2 is 2.16 bits per heavy atom. The Bertz CT molecular complexity index is 424. The standard InChI is InChI=1S/C13H20N2O3S/c1-3-17-8-9-18-10-6-5-7-11(19-4-2)12(10)13(14)15-16/h5-7,16H,3-4,8-9H2,1-2H3,(H2,14,15). The molecule has 0 spiro atoms. The molecule has 3 N–H and O–H groups in total. The normalized spacial score (nSPS) is 11.6. The van der Waals surface area contributed by atoms with E-state index in [1.807, 2.05) is 26.0 Å². The van der Waals surface area contributed by atoms with Crippen molar-refractivity contribution in [1.82, 2.24) is 0 Å². The summed E-state index contributed by atoms with van der Waals surface area (Å²) in [5, 5.41) is 12.0. The molecule has 0 unspecified atom stereocenters. The zero-order valence-electron chi connectivity index (χ0n) is 11.3. The van der Waals surface area contributed by atoms with Crippen molar-refractivity contribution >= 4 is 17.6 Å². The number of ether oxygens (including phenoxy) is 2. The summed E-state index contributed by atoms with van der Waals surface area (Å²) in [6.07, 6.45) is 0. The molecule has 0 aliphatic heterocycles. The van der Waals surface area contributed by atoms with Crippen LogP contribution < -0.4 is 10.5 Å². The molecule has 0 atom stereocenters. The molecule has 0 aromatic heterocycles. The zero-order valence-corrected chi connectivity index (χ0v) is 12.1. The molecule has 0 saturated carbocycles. The minimum atomic E-state index is 0.0583. The van der Waals surface area contributed by atoms with E-state index in [0.717, 1.165) is 10.6 Å². The Labute approximate surface area is 117 Å². The van der Waals surface area contributed by atoms with Crippen LogP contribution in [0.3, 0.4) is 0 Å². The summed E-state index contributed by atoms with van der Waals surface area (Å²) in [5.74, 6) is 1.56. The first kappa shape index (κ1) is 15.7.